The zero-order chi connectivity index (χ0) is 14.8. The van der Waals surface area contributed by atoms with E-state index >= 15 is 0 Å². The van der Waals surface area contributed by atoms with E-state index in [4.69, 9.17) is 22.7 Å². The van der Waals surface area contributed by atoms with Gasteiger partial charge in [-0.3, -0.25) is 0 Å². The van der Waals surface area contributed by atoms with Crippen LogP contribution in [-0.4, -0.2) is 15.2 Å². The highest BCUT2D eigenvalue weighted by atomic mass is 32.1. The Kier molecular flexibility index (Phi) is 3.99. The molecular weight excluding hydrogens is 270 g/mol. The molecule has 1 aromatic heterocycles. The lowest BCUT2D eigenvalue weighted by molar-refractivity contribution is 0.451. The number of benzene rings is 1. The van der Waals surface area contributed by atoms with Crippen molar-refractivity contribution >= 4 is 17.2 Å². The van der Waals surface area contributed by atoms with E-state index in [0.717, 1.165) is 0 Å². The molecule has 0 spiro atoms. The Balaban J connectivity index is 2.34. The van der Waals surface area contributed by atoms with Crippen molar-refractivity contribution < 1.29 is 4.74 Å². The third-order valence-corrected chi connectivity index (χ3v) is 3.09. The van der Waals surface area contributed by atoms with Gasteiger partial charge in [-0.05, 0) is 29.2 Å². The summed E-state index contributed by atoms with van der Waals surface area (Å²) in [6.07, 6.45) is 1.53. The number of ether oxygens (including phenoxy) is 1. The molecule has 0 atom stereocenters. The third-order valence-electron chi connectivity index (χ3n) is 2.87. The van der Waals surface area contributed by atoms with Crippen molar-refractivity contribution in [3.8, 4) is 11.6 Å². The van der Waals surface area contributed by atoms with Gasteiger partial charge < -0.3 is 10.5 Å². The molecule has 0 radical (unpaired) electrons. The lowest BCUT2D eigenvalue weighted by atomic mass is 9.87. The molecule has 104 valence electrons. The molecule has 0 saturated heterocycles. The summed E-state index contributed by atoms with van der Waals surface area (Å²) >= 11 is 4.98. The van der Waals surface area contributed by atoms with Gasteiger partial charge in [0.25, 0.3) is 0 Å². The monoisotopic (exact) mass is 287 g/mol. The third kappa shape index (κ3) is 3.30. The van der Waals surface area contributed by atoms with Crippen LogP contribution in [0.1, 0.15) is 31.9 Å². The van der Waals surface area contributed by atoms with Crippen molar-refractivity contribution in [2.45, 2.75) is 26.2 Å². The van der Waals surface area contributed by atoms with Crippen LogP contribution in [0.3, 0.4) is 0 Å². The predicted octanol–water partition coefficient (Wildman–Crippen LogP) is 3.20. The standard InChI is InChI=1S/C15H17N3OS/c1-15(2,3)10-5-4-6-11(9-10)19-14-12(13(16)20)7-8-17-18-14/h4-9H,1-3H3,(H2,16,20). The molecule has 4 nitrogen and oxygen atoms in total. The number of hydrogen-bond donors (Lipinski definition) is 1. The molecule has 1 heterocycles. The van der Waals surface area contributed by atoms with Crippen LogP contribution in [0, 0.1) is 0 Å². The number of aromatic nitrogens is 2. The number of hydrogen-bond acceptors (Lipinski definition) is 4. The van der Waals surface area contributed by atoms with Crippen molar-refractivity contribution in [2.75, 3.05) is 0 Å². The van der Waals surface area contributed by atoms with Crippen LogP contribution in [-0.2, 0) is 5.41 Å². The van der Waals surface area contributed by atoms with Gasteiger partial charge in [0.05, 0.1) is 11.8 Å². The van der Waals surface area contributed by atoms with Crippen LogP contribution >= 0.6 is 12.2 Å². The smallest absolute Gasteiger partial charge is 0.249 e. The summed E-state index contributed by atoms with van der Waals surface area (Å²) in [5, 5.41) is 7.75. The maximum absolute atomic E-state index is 5.77. The van der Waals surface area contributed by atoms with Crippen molar-refractivity contribution in [1.82, 2.24) is 10.2 Å². The fraction of sp³-hybridized carbons (Fsp3) is 0.267. The van der Waals surface area contributed by atoms with Gasteiger partial charge in [0.2, 0.25) is 5.88 Å². The van der Waals surface area contributed by atoms with Crippen molar-refractivity contribution in [3.05, 3.63) is 47.7 Å². The summed E-state index contributed by atoms with van der Waals surface area (Å²) in [4.78, 5) is 0.238. The van der Waals surface area contributed by atoms with Crippen LogP contribution < -0.4 is 10.5 Å². The minimum Gasteiger partial charge on any atom is -0.437 e. The molecule has 1 aromatic carbocycles. The van der Waals surface area contributed by atoms with Crippen LogP contribution in [0.4, 0.5) is 0 Å². The molecule has 0 aliphatic rings. The second kappa shape index (κ2) is 5.54. The Bertz CT molecular complexity index is 635. The average Bonchev–Trinajstić information content (AvgIpc) is 2.38. The van der Waals surface area contributed by atoms with Crippen LogP contribution in [0.2, 0.25) is 0 Å². The van der Waals surface area contributed by atoms with Gasteiger partial charge in [-0.25, -0.2) is 0 Å². The van der Waals surface area contributed by atoms with E-state index in [1.165, 1.54) is 11.8 Å². The maximum atomic E-state index is 5.77. The zero-order valence-electron chi connectivity index (χ0n) is 11.8. The highest BCUT2D eigenvalue weighted by Crippen LogP contribution is 2.28. The first kappa shape index (κ1) is 14.4. The highest BCUT2D eigenvalue weighted by Gasteiger charge is 2.15. The van der Waals surface area contributed by atoms with Crippen LogP contribution in [0.5, 0.6) is 11.6 Å². The molecule has 0 aliphatic carbocycles. The Morgan fingerprint density at radius 2 is 2.00 bits per heavy atom. The van der Waals surface area contributed by atoms with Crippen LogP contribution in [0.15, 0.2) is 36.5 Å². The van der Waals surface area contributed by atoms with Gasteiger partial charge >= 0.3 is 0 Å². The molecule has 0 unspecified atom stereocenters. The summed E-state index contributed by atoms with van der Waals surface area (Å²) in [6, 6.07) is 9.56. The summed E-state index contributed by atoms with van der Waals surface area (Å²) < 4.78 is 5.77. The highest BCUT2D eigenvalue weighted by molar-refractivity contribution is 7.80. The molecule has 0 fully saturated rings. The zero-order valence-corrected chi connectivity index (χ0v) is 12.6. The molecule has 2 rings (SSSR count). The number of nitrogens with zero attached hydrogens (tertiary/aromatic N) is 2. The topological polar surface area (TPSA) is 61.0 Å². The van der Waals surface area contributed by atoms with E-state index in [-0.39, 0.29) is 10.4 Å². The van der Waals surface area contributed by atoms with Crippen molar-refractivity contribution in [2.24, 2.45) is 5.73 Å². The van der Waals surface area contributed by atoms with Crippen molar-refractivity contribution in [3.63, 3.8) is 0 Å². The van der Waals surface area contributed by atoms with Crippen LogP contribution in [0.25, 0.3) is 0 Å². The minimum atomic E-state index is 0.0493. The average molecular weight is 287 g/mol. The Labute approximate surface area is 124 Å². The lowest BCUT2D eigenvalue weighted by Crippen LogP contribution is -2.12. The van der Waals surface area contributed by atoms with Gasteiger partial charge in [-0.15, -0.1) is 5.10 Å². The Hall–Kier alpha value is -2.01. The Morgan fingerprint density at radius 3 is 2.65 bits per heavy atom. The van der Waals surface area contributed by atoms with E-state index < -0.39 is 0 Å². The minimum absolute atomic E-state index is 0.0493. The molecule has 0 aliphatic heterocycles. The van der Waals surface area contributed by atoms with Gasteiger partial charge in [-0.2, -0.15) is 5.10 Å². The first-order valence-electron chi connectivity index (χ1n) is 6.28. The second-order valence-corrected chi connectivity index (χ2v) is 5.93. The number of rotatable bonds is 3. The normalized spacial score (nSPS) is 11.2. The first-order chi connectivity index (χ1) is 9.38. The van der Waals surface area contributed by atoms with E-state index in [1.54, 1.807) is 6.07 Å². The van der Waals surface area contributed by atoms with Crippen molar-refractivity contribution in [1.29, 1.82) is 0 Å². The molecule has 2 aromatic rings. The summed E-state index contributed by atoms with van der Waals surface area (Å²) in [5.41, 5.74) is 7.46. The second-order valence-electron chi connectivity index (χ2n) is 5.49. The van der Waals surface area contributed by atoms with Gasteiger partial charge in [0, 0.05) is 0 Å². The molecule has 0 amide bonds. The van der Waals surface area contributed by atoms with Gasteiger partial charge in [-0.1, -0.05) is 45.1 Å². The summed E-state index contributed by atoms with van der Waals surface area (Å²) in [6.45, 7) is 6.44. The number of thiocarbonyl (C=S) groups is 1. The molecule has 5 heteroatoms. The van der Waals surface area contributed by atoms with E-state index in [0.29, 0.717) is 17.2 Å². The van der Waals surface area contributed by atoms with E-state index in [2.05, 4.69) is 37.0 Å². The van der Waals surface area contributed by atoms with Gasteiger partial charge in [0.15, 0.2) is 0 Å². The summed E-state index contributed by atoms with van der Waals surface area (Å²) in [5.74, 6) is 1.02. The SMILES string of the molecule is CC(C)(C)c1cccc(Oc2nnccc2C(N)=S)c1. The Morgan fingerprint density at radius 1 is 1.25 bits per heavy atom. The molecule has 0 bridgehead atoms. The largest absolute Gasteiger partial charge is 0.437 e. The van der Waals surface area contributed by atoms with Gasteiger partial charge in [0.1, 0.15) is 10.7 Å². The molecule has 2 N–H and O–H groups in total. The maximum Gasteiger partial charge on any atom is 0.249 e. The predicted molar refractivity (Wildman–Crippen MR) is 83.1 cm³/mol. The lowest BCUT2D eigenvalue weighted by Gasteiger charge is -2.19. The van der Waals surface area contributed by atoms with E-state index in [9.17, 15) is 0 Å². The van der Waals surface area contributed by atoms with E-state index in [1.807, 2.05) is 18.2 Å². The molecule has 0 saturated carbocycles. The summed E-state index contributed by atoms with van der Waals surface area (Å²) in [7, 11) is 0. The molecular formula is C15H17N3OS. The number of nitrogens with two attached hydrogens (primary N) is 1. The molecule has 20 heavy (non-hydrogen) atoms. The first-order valence-corrected chi connectivity index (χ1v) is 6.68. The fourth-order valence-electron chi connectivity index (χ4n) is 1.72. The quantitative estimate of drug-likeness (QED) is 0.878. The fourth-order valence-corrected chi connectivity index (χ4v) is 1.87.